The lowest BCUT2D eigenvalue weighted by atomic mass is 10.0. The molecular weight excluding hydrogens is 368 g/mol. The van der Waals surface area contributed by atoms with Crippen molar-refractivity contribution in [2.24, 2.45) is 0 Å². The van der Waals surface area contributed by atoms with Crippen molar-refractivity contribution in [3.05, 3.63) is 29.3 Å². The lowest BCUT2D eigenvalue weighted by molar-refractivity contribution is -0.160. The Morgan fingerprint density at radius 2 is 1.72 bits per heavy atom. The van der Waals surface area contributed by atoms with E-state index in [9.17, 15) is 9.59 Å². The largest absolute Gasteiger partial charge is 0.458 e. The molecule has 1 unspecified atom stereocenters. The van der Waals surface area contributed by atoms with Gasteiger partial charge in [-0.1, -0.05) is 25.5 Å². The number of carbonyl (C=O) groups excluding carboxylic acids is 2. The fourth-order valence-corrected chi connectivity index (χ4v) is 2.59. The number of urea groups is 1. The second-order valence-corrected chi connectivity index (χ2v) is 9.36. The first-order valence-electron chi connectivity index (χ1n) is 10.3. The van der Waals surface area contributed by atoms with Crippen LogP contribution in [0.15, 0.2) is 18.2 Å². The Kier molecular flexibility index (Phi) is 9.14. The number of carbonyl (C=O) groups is 2. The van der Waals surface area contributed by atoms with Gasteiger partial charge in [0, 0.05) is 5.69 Å². The van der Waals surface area contributed by atoms with E-state index in [0.29, 0.717) is 5.69 Å². The lowest BCUT2D eigenvalue weighted by Gasteiger charge is -2.27. The zero-order chi connectivity index (χ0) is 22.2. The molecule has 164 valence electrons. The van der Waals surface area contributed by atoms with E-state index in [1.54, 1.807) is 20.8 Å². The zero-order valence-electron chi connectivity index (χ0n) is 19.3. The van der Waals surface area contributed by atoms with Gasteiger partial charge >= 0.3 is 12.0 Å². The molecule has 29 heavy (non-hydrogen) atoms. The molecule has 0 heterocycles. The van der Waals surface area contributed by atoms with Gasteiger partial charge in [0.05, 0.1) is 12.2 Å². The van der Waals surface area contributed by atoms with Gasteiger partial charge in [0.1, 0.15) is 5.60 Å². The van der Waals surface area contributed by atoms with Crippen molar-refractivity contribution < 1.29 is 19.1 Å². The highest BCUT2D eigenvalue weighted by Gasteiger charge is 2.28. The molecule has 6 nitrogen and oxygen atoms in total. The monoisotopic (exact) mass is 406 g/mol. The van der Waals surface area contributed by atoms with Crippen LogP contribution in [0.2, 0.25) is 0 Å². The van der Waals surface area contributed by atoms with Gasteiger partial charge in [-0.2, -0.15) is 0 Å². The number of benzene rings is 1. The minimum absolute atomic E-state index is 0.0285. The van der Waals surface area contributed by atoms with Crippen LogP contribution < -0.4 is 10.6 Å². The van der Waals surface area contributed by atoms with E-state index in [0.717, 1.165) is 24.8 Å². The number of amides is 2. The van der Waals surface area contributed by atoms with E-state index in [-0.39, 0.29) is 6.61 Å². The normalized spacial score (nSPS) is 13.0. The third-order valence-corrected chi connectivity index (χ3v) is 4.04. The van der Waals surface area contributed by atoms with Crippen molar-refractivity contribution in [2.75, 3.05) is 11.9 Å². The van der Waals surface area contributed by atoms with Crippen molar-refractivity contribution in [3.63, 3.8) is 0 Å². The minimum Gasteiger partial charge on any atom is -0.458 e. The number of anilines is 1. The van der Waals surface area contributed by atoms with Gasteiger partial charge in [-0.25, -0.2) is 9.59 Å². The van der Waals surface area contributed by atoms with Crippen LogP contribution in [-0.2, 0) is 20.7 Å². The highest BCUT2D eigenvalue weighted by Crippen LogP contribution is 2.18. The smallest absolute Gasteiger partial charge is 0.331 e. The average Bonchev–Trinajstić information content (AvgIpc) is 2.56. The molecule has 2 N–H and O–H groups in total. The minimum atomic E-state index is -0.905. The Bertz CT molecular complexity index is 687. The number of nitrogens with one attached hydrogen (secondary N) is 2. The summed E-state index contributed by atoms with van der Waals surface area (Å²) >= 11 is 0. The fraction of sp³-hybridized carbons (Fsp3) is 0.652. The molecule has 2 amide bonds. The summed E-state index contributed by atoms with van der Waals surface area (Å²) < 4.78 is 11.1. The van der Waals surface area contributed by atoms with Crippen molar-refractivity contribution in [2.45, 2.75) is 91.9 Å². The van der Waals surface area contributed by atoms with Crippen LogP contribution in [-0.4, -0.2) is 35.9 Å². The highest BCUT2D eigenvalue weighted by atomic mass is 16.6. The molecule has 1 atom stereocenters. The van der Waals surface area contributed by atoms with E-state index in [2.05, 4.69) is 23.6 Å². The molecule has 0 saturated heterocycles. The summed E-state index contributed by atoms with van der Waals surface area (Å²) in [5.41, 5.74) is 1.85. The van der Waals surface area contributed by atoms with E-state index in [1.807, 2.05) is 39.8 Å². The molecule has 0 saturated carbocycles. The summed E-state index contributed by atoms with van der Waals surface area (Å²) in [4.78, 5) is 25.1. The maximum Gasteiger partial charge on any atom is 0.331 e. The lowest BCUT2D eigenvalue weighted by Crippen LogP contribution is -2.49. The summed E-state index contributed by atoms with van der Waals surface area (Å²) in [6.45, 7) is 15.2. The van der Waals surface area contributed by atoms with Crippen LogP contribution in [0.3, 0.4) is 0 Å². The van der Waals surface area contributed by atoms with Crippen LogP contribution in [0, 0.1) is 6.92 Å². The van der Waals surface area contributed by atoms with E-state index < -0.39 is 29.2 Å². The quantitative estimate of drug-likeness (QED) is 0.597. The maximum absolute atomic E-state index is 12.5. The standard InChI is InChI=1S/C23H38N2O4/c1-9-10-11-17-12-13-18(16(2)14-17)24-21(27)25-19(15-28-22(3,4)5)20(26)29-23(6,7)8/h12-14,19H,9-11,15H2,1-8H3,(H2,24,25,27). The summed E-state index contributed by atoms with van der Waals surface area (Å²) in [5.74, 6) is -0.525. The van der Waals surface area contributed by atoms with Gasteiger partial charge in [0.15, 0.2) is 6.04 Å². The number of hydrogen-bond donors (Lipinski definition) is 2. The molecule has 6 heteroatoms. The molecule has 1 aromatic carbocycles. The Morgan fingerprint density at radius 3 is 2.24 bits per heavy atom. The topological polar surface area (TPSA) is 76.7 Å². The number of rotatable bonds is 8. The number of hydrogen-bond acceptors (Lipinski definition) is 4. The summed E-state index contributed by atoms with van der Waals surface area (Å²) in [5, 5.41) is 5.51. The Labute approximate surface area is 175 Å². The molecule has 0 bridgehead atoms. The van der Waals surface area contributed by atoms with Gasteiger partial charge in [-0.15, -0.1) is 0 Å². The maximum atomic E-state index is 12.5. The number of unbranched alkanes of at least 4 members (excludes halogenated alkanes) is 1. The van der Waals surface area contributed by atoms with Crippen molar-refractivity contribution in [1.29, 1.82) is 0 Å². The van der Waals surface area contributed by atoms with Crippen LogP contribution >= 0.6 is 0 Å². The Balaban J connectivity index is 2.81. The van der Waals surface area contributed by atoms with Gasteiger partial charge < -0.3 is 20.1 Å². The van der Waals surface area contributed by atoms with Crippen LogP contribution in [0.5, 0.6) is 0 Å². The average molecular weight is 407 g/mol. The molecule has 0 aromatic heterocycles. The van der Waals surface area contributed by atoms with Crippen molar-refractivity contribution in [1.82, 2.24) is 5.32 Å². The molecule has 0 radical (unpaired) electrons. The second-order valence-electron chi connectivity index (χ2n) is 9.36. The first kappa shape index (κ1) is 25.0. The molecule has 1 aromatic rings. The van der Waals surface area contributed by atoms with Gasteiger partial charge in [0.25, 0.3) is 0 Å². The summed E-state index contributed by atoms with van der Waals surface area (Å²) in [6.07, 6.45) is 3.30. The van der Waals surface area contributed by atoms with Gasteiger partial charge in [-0.3, -0.25) is 0 Å². The number of esters is 1. The van der Waals surface area contributed by atoms with Gasteiger partial charge in [-0.05, 0) is 78.5 Å². The third-order valence-electron chi connectivity index (χ3n) is 4.04. The van der Waals surface area contributed by atoms with Crippen LogP contribution in [0.1, 0.15) is 72.4 Å². The van der Waals surface area contributed by atoms with E-state index in [1.165, 1.54) is 5.56 Å². The fourth-order valence-electron chi connectivity index (χ4n) is 2.59. The van der Waals surface area contributed by atoms with Crippen LogP contribution in [0.25, 0.3) is 0 Å². The van der Waals surface area contributed by atoms with Crippen molar-refractivity contribution in [3.8, 4) is 0 Å². The summed E-state index contributed by atoms with van der Waals surface area (Å²) in [6, 6.07) is 4.63. The number of ether oxygens (including phenoxy) is 2. The predicted molar refractivity (Wildman–Crippen MR) is 117 cm³/mol. The third kappa shape index (κ3) is 10.3. The second kappa shape index (κ2) is 10.6. The molecule has 0 aliphatic heterocycles. The highest BCUT2D eigenvalue weighted by molar-refractivity contribution is 5.93. The number of aryl methyl sites for hydroxylation is 2. The first-order valence-corrected chi connectivity index (χ1v) is 10.3. The predicted octanol–water partition coefficient (Wildman–Crippen LogP) is 4.98. The molecule has 1 rings (SSSR count). The van der Waals surface area contributed by atoms with Gasteiger partial charge in [0.2, 0.25) is 0 Å². The van der Waals surface area contributed by atoms with Crippen LogP contribution in [0.4, 0.5) is 10.5 Å². The zero-order valence-corrected chi connectivity index (χ0v) is 19.3. The van der Waals surface area contributed by atoms with E-state index in [4.69, 9.17) is 9.47 Å². The molecular formula is C23H38N2O4. The Hall–Kier alpha value is -2.08. The first-order chi connectivity index (χ1) is 13.3. The molecule has 0 spiro atoms. The molecule has 0 fully saturated rings. The van der Waals surface area contributed by atoms with Crippen molar-refractivity contribution >= 4 is 17.7 Å². The van der Waals surface area contributed by atoms with E-state index >= 15 is 0 Å². The molecule has 0 aliphatic carbocycles. The summed E-state index contributed by atoms with van der Waals surface area (Å²) in [7, 11) is 0. The SMILES string of the molecule is CCCCc1ccc(NC(=O)NC(COC(C)(C)C)C(=O)OC(C)(C)C)c(C)c1. The Morgan fingerprint density at radius 1 is 1.07 bits per heavy atom. The molecule has 0 aliphatic rings.